The number of piperazine rings is 1. The first-order valence-corrected chi connectivity index (χ1v) is 5.62. The molecule has 3 heterocycles. The smallest absolute Gasteiger partial charge is 0.0249 e. The van der Waals surface area contributed by atoms with E-state index < -0.39 is 0 Å². The molecule has 13 heavy (non-hydrogen) atoms. The van der Waals surface area contributed by atoms with E-state index in [-0.39, 0.29) is 0 Å². The molecule has 3 unspecified atom stereocenters. The van der Waals surface area contributed by atoms with E-state index in [0.717, 1.165) is 18.0 Å². The lowest BCUT2D eigenvalue weighted by Crippen LogP contribution is -2.63. The van der Waals surface area contributed by atoms with Gasteiger partial charge in [0.25, 0.3) is 0 Å². The molecular formula is C11H22N2. The van der Waals surface area contributed by atoms with Crippen LogP contribution in [0.4, 0.5) is 0 Å². The largest absolute Gasteiger partial charge is 0.301 e. The van der Waals surface area contributed by atoms with Crippen LogP contribution in [0.25, 0.3) is 0 Å². The average Bonchev–Trinajstić information content (AvgIpc) is 2.09. The molecule has 0 aliphatic carbocycles. The zero-order chi connectivity index (χ0) is 9.42. The second kappa shape index (κ2) is 3.58. The maximum atomic E-state index is 2.58. The van der Waals surface area contributed by atoms with Crippen molar-refractivity contribution in [2.24, 2.45) is 5.92 Å². The van der Waals surface area contributed by atoms with Crippen LogP contribution >= 0.6 is 0 Å². The van der Waals surface area contributed by atoms with E-state index in [4.69, 9.17) is 0 Å². The third-order valence-corrected chi connectivity index (χ3v) is 3.94. The molecular weight excluding hydrogens is 160 g/mol. The van der Waals surface area contributed by atoms with Crippen molar-refractivity contribution in [2.45, 2.75) is 38.3 Å². The molecule has 76 valence electrons. The number of fused-ring (bicyclic) bond motifs is 3. The lowest BCUT2D eigenvalue weighted by atomic mass is 9.79. The van der Waals surface area contributed by atoms with Gasteiger partial charge in [-0.05, 0) is 32.9 Å². The van der Waals surface area contributed by atoms with Gasteiger partial charge in [0.15, 0.2) is 0 Å². The molecule has 3 rings (SSSR count). The molecule has 0 amide bonds. The van der Waals surface area contributed by atoms with Crippen LogP contribution in [0.3, 0.4) is 0 Å². The monoisotopic (exact) mass is 182 g/mol. The third kappa shape index (κ3) is 1.62. The van der Waals surface area contributed by atoms with Gasteiger partial charge in [-0.15, -0.1) is 0 Å². The van der Waals surface area contributed by atoms with Crippen LogP contribution in [0.5, 0.6) is 0 Å². The van der Waals surface area contributed by atoms with Crippen molar-refractivity contribution in [3.8, 4) is 0 Å². The summed E-state index contributed by atoms with van der Waals surface area (Å²) in [5.41, 5.74) is 0. The molecule has 0 aromatic rings. The number of hydrogen-bond donors (Lipinski definition) is 0. The standard InChI is InChI=1S/C11H22N2/c1-4-5-9-6-10-7-13(3)11(9)8-12(10)2/h9-11H,4-8H2,1-3H3. The van der Waals surface area contributed by atoms with Gasteiger partial charge in [0.1, 0.15) is 0 Å². The minimum atomic E-state index is 0.839. The highest BCUT2D eigenvalue weighted by atomic mass is 15.3. The molecule has 0 radical (unpaired) electrons. The summed E-state index contributed by atoms with van der Waals surface area (Å²) in [6, 6.07) is 1.68. The Kier molecular flexibility index (Phi) is 2.61. The molecule has 0 N–H and O–H groups in total. The molecule has 2 heteroatoms. The summed E-state index contributed by atoms with van der Waals surface area (Å²) >= 11 is 0. The highest BCUT2D eigenvalue weighted by Gasteiger charge is 2.41. The van der Waals surface area contributed by atoms with Crippen molar-refractivity contribution in [1.29, 1.82) is 0 Å². The summed E-state index contributed by atoms with van der Waals surface area (Å²) in [4.78, 5) is 5.13. The molecule has 2 bridgehead atoms. The van der Waals surface area contributed by atoms with Crippen LogP contribution in [0, 0.1) is 5.92 Å². The number of rotatable bonds is 2. The van der Waals surface area contributed by atoms with Gasteiger partial charge >= 0.3 is 0 Å². The Morgan fingerprint density at radius 3 is 2.54 bits per heavy atom. The van der Waals surface area contributed by atoms with Gasteiger partial charge in [-0.25, -0.2) is 0 Å². The van der Waals surface area contributed by atoms with Crippen molar-refractivity contribution in [3.05, 3.63) is 0 Å². The minimum Gasteiger partial charge on any atom is -0.301 e. The predicted molar refractivity (Wildman–Crippen MR) is 55.9 cm³/mol. The molecule has 0 spiro atoms. The van der Waals surface area contributed by atoms with Gasteiger partial charge in [0.2, 0.25) is 0 Å². The zero-order valence-corrected chi connectivity index (χ0v) is 9.16. The van der Waals surface area contributed by atoms with Crippen LogP contribution < -0.4 is 0 Å². The Morgan fingerprint density at radius 1 is 1.15 bits per heavy atom. The van der Waals surface area contributed by atoms with E-state index in [0.29, 0.717) is 0 Å². The molecule has 0 aromatic carbocycles. The second-order valence-corrected chi connectivity index (χ2v) is 4.88. The van der Waals surface area contributed by atoms with Gasteiger partial charge in [-0.1, -0.05) is 13.3 Å². The number of likely N-dealkylation sites (N-methyl/N-ethyl adjacent to an activating group) is 2. The molecule has 3 atom stereocenters. The van der Waals surface area contributed by atoms with E-state index in [9.17, 15) is 0 Å². The summed E-state index contributed by atoms with van der Waals surface area (Å²) in [5.74, 6) is 0.977. The lowest BCUT2D eigenvalue weighted by molar-refractivity contribution is -0.0333. The summed E-state index contributed by atoms with van der Waals surface area (Å²) in [6.45, 7) is 4.90. The highest BCUT2D eigenvalue weighted by molar-refractivity contribution is 4.97. The summed E-state index contributed by atoms with van der Waals surface area (Å²) in [7, 11) is 4.58. The molecule has 3 aliphatic heterocycles. The van der Waals surface area contributed by atoms with E-state index in [2.05, 4.69) is 30.8 Å². The lowest BCUT2D eigenvalue weighted by Gasteiger charge is -2.53. The van der Waals surface area contributed by atoms with Crippen LogP contribution in [-0.2, 0) is 0 Å². The maximum absolute atomic E-state index is 2.58. The topological polar surface area (TPSA) is 6.48 Å². The van der Waals surface area contributed by atoms with Gasteiger partial charge in [0, 0.05) is 25.2 Å². The van der Waals surface area contributed by atoms with Gasteiger partial charge in [0.05, 0.1) is 0 Å². The highest BCUT2D eigenvalue weighted by Crippen LogP contribution is 2.33. The normalized spacial score (nSPS) is 41.3. The fraction of sp³-hybridized carbons (Fsp3) is 1.00. The SMILES string of the molecule is CCCC1CC2CN(C)C1CN2C. The number of hydrogen-bond acceptors (Lipinski definition) is 2. The first-order valence-electron chi connectivity index (χ1n) is 5.62. The van der Waals surface area contributed by atoms with Crippen molar-refractivity contribution < 1.29 is 0 Å². The van der Waals surface area contributed by atoms with Crippen molar-refractivity contribution >= 4 is 0 Å². The molecule has 3 aliphatic rings. The number of piperidine rings is 2. The quantitative estimate of drug-likeness (QED) is 0.637. The Morgan fingerprint density at radius 2 is 1.92 bits per heavy atom. The molecule has 0 saturated carbocycles. The Hall–Kier alpha value is -0.0800. The fourth-order valence-electron chi connectivity index (χ4n) is 3.14. The first-order chi connectivity index (χ1) is 6.22. The molecule has 2 nitrogen and oxygen atoms in total. The average molecular weight is 182 g/mol. The second-order valence-electron chi connectivity index (χ2n) is 4.88. The molecule has 3 fully saturated rings. The maximum Gasteiger partial charge on any atom is 0.0249 e. The third-order valence-electron chi connectivity index (χ3n) is 3.94. The van der Waals surface area contributed by atoms with E-state index >= 15 is 0 Å². The van der Waals surface area contributed by atoms with Gasteiger partial charge < -0.3 is 9.80 Å². The van der Waals surface area contributed by atoms with Crippen LogP contribution in [0.2, 0.25) is 0 Å². The van der Waals surface area contributed by atoms with Crippen molar-refractivity contribution in [1.82, 2.24) is 9.80 Å². The molecule has 0 aromatic heterocycles. The van der Waals surface area contributed by atoms with E-state index in [1.165, 1.54) is 32.4 Å². The van der Waals surface area contributed by atoms with Gasteiger partial charge in [-0.3, -0.25) is 0 Å². The molecule has 3 saturated heterocycles. The fourth-order valence-corrected chi connectivity index (χ4v) is 3.14. The van der Waals surface area contributed by atoms with Crippen molar-refractivity contribution in [2.75, 3.05) is 27.2 Å². The van der Waals surface area contributed by atoms with Gasteiger partial charge in [-0.2, -0.15) is 0 Å². The van der Waals surface area contributed by atoms with E-state index in [1.54, 1.807) is 0 Å². The van der Waals surface area contributed by atoms with Crippen LogP contribution in [0.1, 0.15) is 26.2 Å². The van der Waals surface area contributed by atoms with Crippen LogP contribution in [0.15, 0.2) is 0 Å². The van der Waals surface area contributed by atoms with E-state index in [1.807, 2.05) is 0 Å². The summed E-state index contributed by atoms with van der Waals surface area (Å²) < 4.78 is 0. The summed E-state index contributed by atoms with van der Waals surface area (Å²) in [5, 5.41) is 0. The predicted octanol–water partition coefficient (Wildman–Crippen LogP) is 1.42. The minimum absolute atomic E-state index is 0.839. The Labute approximate surface area is 81.9 Å². The number of nitrogens with zero attached hydrogens (tertiary/aromatic N) is 2. The Bertz CT molecular complexity index is 181. The zero-order valence-electron chi connectivity index (χ0n) is 9.16. The summed E-state index contributed by atoms with van der Waals surface area (Å²) in [6.07, 6.45) is 4.23. The first kappa shape index (κ1) is 9.47. The Balaban J connectivity index is 2.03. The van der Waals surface area contributed by atoms with Crippen LogP contribution in [-0.4, -0.2) is 49.1 Å². The van der Waals surface area contributed by atoms with Crippen molar-refractivity contribution in [3.63, 3.8) is 0 Å².